The molecule has 1 atom stereocenters. The van der Waals surface area contributed by atoms with E-state index in [9.17, 15) is 4.79 Å². The van der Waals surface area contributed by atoms with Crippen LogP contribution >= 0.6 is 0 Å². The number of carboxylic acid groups (broad SMARTS) is 1. The number of aliphatic carboxylic acids is 1. The molecule has 0 aliphatic rings. The van der Waals surface area contributed by atoms with E-state index in [0.717, 1.165) is 17.1 Å². The van der Waals surface area contributed by atoms with E-state index in [-0.39, 0.29) is 5.92 Å². The normalized spacial score (nSPS) is 12.6. The number of rotatable bonds is 6. The molecule has 1 aromatic heterocycles. The summed E-state index contributed by atoms with van der Waals surface area (Å²) in [6.07, 6.45) is 0. The zero-order valence-electron chi connectivity index (χ0n) is 12.7. The van der Waals surface area contributed by atoms with Crippen molar-refractivity contribution in [3.05, 3.63) is 47.7 Å². The summed E-state index contributed by atoms with van der Waals surface area (Å²) in [5, 5.41) is 8.92. The Morgan fingerprint density at radius 1 is 1.24 bits per heavy atom. The van der Waals surface area contributed by atoms with Crippen LogP contribution in [0.4, 0.5) is 0 Å². The van der Waals surface area contributed by atoms with Crippen molar-refractivity contribution in [3.8, 4) is 11.3 Å². The third-order valence-electron chi connectivity index (χ3n) is 3.43. The lowest BCUT2D eigenvalue weighted by molar-refractivity contribution is -0.141. The van der Waals surface area contributed by atoms with Crippen molar-refractivity contribution < 1.29 is 14.3 Å². The molecule has 0 saturated carbocycles. The molecular weight excluding hydrogens is 266 g/mol. The van der Waals surface area contributed by atoms with E-state index in [1.807, 2.05) is 36.2 Å². The van der Waals surface area contributed by atoms with E-state index in [2.05, 4.69) is 19.1 Å². The van der Waals surface area contributed by atoms with Crippen molar-refractivity contribution in [1.82, 2.24) is 4.90 Å². The summed E-state index contributed by atoms with van der Waals surface area (Å²) in [7, 11) is 1.90. The van der Waals surface area contributed by atoms with Crippen molar-refractivity contribution in [2.45, 2.75) is 20.4 Å². The number of carbonyl (C=O) groups is 1. The first-order chi connectivity index (χ1) is 9.95. The molecular formula is C17H21NO3. The summed E-state index contributed by atoms with van der Waals surface area (Å²) in [5.41, 5.74) is 2.27. The van der Waals surface area contributed by atoms with Crippen molar-refractivity contribution in [1.29, 1.82) is 0 Å². The molecule has 0 spiro atoms. The highest BCUT2D eigenvalue weighted by molar-refractivity contribution is 5.69. The van der Waals surface area contributed by atoms with E-state index in [1.165, 1.54) is 5.56 Å². The van der Waals surface area contributed by atoms with E-state index in [4.69, 9.17) is 9.52 Å². The molecule has 1 heterocycles. The highest BCUT2D eigenvalue weighted by Crippen LogP contribution is 2.23. The quantitative estimate of drug-likeness (QED) is 0.884. The summed E-state index contributed by atoms with van der Waals surface area (Å²) in [4.78, 5) is 12.8. The molecule has 2 rings (SSSR count). The zero-order valence-corrected chi connectivity index (χ0v) is 12.7. The minimum atomic E-state index is -0.776. The summed E-state index contributed by atoms with van der Waals surface area (Å²) in [5.74, 6) is 0.513. The highest BCUT2D eigenvalue weighted by atomic mass is 16.4. The molecule has 4 nitrogen and oxygen atoms in total. The molecule has 0 bridgehead atoms. The number of hydrogen-bond acceptors (Lipinski definition) is 3. The van der Waals surface area contributed by atoms with Crippen LogP contribution in [0.2, 0.25) is 0 Å². The Morgan fingerprint density at radius 3 is 2.52 bits per heavy atom. The average Bonchev–Trinajstić information content (AvgIpc) is 2.87. The second-order valence-electron chi connectivity index (χ2n) is 5.57. The lowest BCUT2D eigenvalue weighted by atomic mass is 10.1. The van der Waals surface area contributed by atoms with Crippen LogP contribution < -0.4 is 0 Å². The van der Waals surface area contributed by atoms with E-state index in [1.54, 1.807) is 6.92 Å². The first kappa shape index (κ1) is 15.3. The van der Waals surface area contributed by atoms with Crippen molar-refractivity contribution >= 4 is 5.97 Å². The Kier molecular flexibility index (Phi) is 4.81. The minimum Gasteiger partial charge on any atom is -0.481 e. The van der Waals surface area contributed by atoms with Crippen LogP contribution in [-0.4, -0.2) is 29.6 Å². The Hall–Kier alpha value is -2.07. The molecule has 112 valence electrons. The summed E-state index contributed by atoms with van der Waals surface area (Å²) in [6.45, 7) is 4.86. The van der Waals surface area contributed by atoms with Gasteiger partial charge in [0.05, 0.1) is 12.5 Å². The lowest BCUT2D eigenvalue weighted by Gasteiger charge is -2.17. The maximum Gasteiger partial charge on any atom is 0.307 e. The van der Waals surface area contributed by atoms with Crippen LogP contribution in [0.1, 0.15) is 18.2 Å². The van der Waals surface area contributed by atoms with Gasteiger partial charge in [0.25, 0.3) is 0 Å². The predicted molar refractivity (Wildman–Crippen MR) is 82.0 cm³/mol. The smallest absolute Gasteiger partial charge is 0.307 e. The van der Waals surface area contributed by atoms with Crippen LogP contribution in [-0.2, 0) is 11.3 Å². The molecule has 4 heteroatoms. The highest BCUT2D eigenvalue weighted by Gasteiger charge is 2.15. The molecule has 0 aliphatic carbocycles. The molecule has 1 N–H and O–H groups in total. The number of furan rings is 1. The van der Waals surface area contributed by atoms with Gasteiger partial charge in [0.1, 0.15) is 11.5 Å². The second-order valence-corrected chi connectivity index (χ2v) is 5.57. The van der Waals surface area contributed by atoms with Gasteiger partial charge in [0.15, 0.2) is 0 Å². The number of benzene rings is 1. The number of carboxylic acids is 1. The van der Waals surface area contributed by atoms with E-state index < -0.39 is 5.97 Å². The van der Waals surface area contributed by atoms with Gasteiger partial charge in [0, 0.05) is 12.1 Å². The molecule has 1 unspecified atom stereocenters. The molecule has 0 saturated heterocycles. The lowest BCUT2D eigenvalue weighted by Crippen LogP contribution is -2.28. The number of nitrogens with zero attached hydrogens (tertiary/aromatic N) is 1. The predicted octanol–water partition coefficient (Wildman–Crippen LogP) is 3.41. The molecule has 2 aromatic rings. The largest absolute Gasteiger partial charge is 0.481 e. The second kappa shape index (κ2) is 6.59. The maximum absolute atomic E-state index is 10.9. The topological polar surface area (TPSA) is 53.7 Å². The third kappa shape index (κ3) is 4.20. The van der Waals surface area contributed by atoms with Gasteiger partial charge in [-0.05, 0) is 26.1 Å². The van der Waals surface area contributed by atoms with Crippen LogP contribution in [0.3, 0.4) is 0 Å². The fourth-order valence-corrected chi connectivity index (χ4v) is 2.21. The van der Waals surface area contributed by atoms with Crippen LogP contribution in [0, 0.1) is 12.8 Å². The Morgan fingerprint density at radius 2 is 1.90 bits per heavy atom. The summed E-state index contributed by atoms with van der Waals surface area (Å²) < 4.78 is 5.83. The Bertz CT molecular complexity index is 601. The van der Waals surface area contributed by atoms with Crippen molar-refractivity contribution in [2.75, 3.05) is 13.6 Å². The van der Waals surface area contributed by atoms with Gasteiger partial charge < -0.3 is 9.52 Å². The van der Waals surface area contributed by atoms with Gasteiger partial charge >= 0.3 is 5.97 Å². The Labute approximate surface area is 125 Å². The SMILES string of the molecule is Cc1ccc(-c2ccc(CN(C)CC(C)C(=O)O)o2)cc1. The number of aryl methyl sites for hydroxylation is 1. The Balaban J connectivity index is 2.00. The van der Waals surface area contributed by atoms with Crippen molar-refractivity contribution in [2.24, 2.45) is 5.92 Å². The van der Waals surface area contributed by atoms with Gasteiger partial charge in [-0.15, -0.1) is 0 Å². The zero-order chi connectivity index (χ0) is 15.4. The maximum atomic E-state index is 10.9. The van der Waals surface area contributed by atoms with Crippen molar-refractivity contribution in [3.63, 3.8) is 0 Å². The molecule has 0 aliphatic heterocycles. The van der Waals surface area contributed by atoms with Crippen LogP contribution in [0.25, 0.3) is 11.3 Å². The molecule has 0 radical (unpaired) electrons. The minimum absolute atomic E-state index is 0.387. The van der Waals surface area contributed by atoms with Gasteiger partial charge in [-0.1, -0.05) is 36.8 Å². The van der Waals surface area contributed by atoms with Gasteiger partial charge in [-0.3, -0.25) is 9.69 Å². The van der Waals surface area contributed by atoms with Gasteiger partial charge in [0.2, 0.25) is 0 Å². The van der Waals surface area contributed by atoms with E-state index in [0.29, 0.717) is 13.1 Å². The van der Waals surface area contributed by atoms with Crippen LogP contribution in [0.15, 0.2) is 40.8 Å². The molecule has 0 amide bonds. The fraction of sp³-hybridized carbons (Fsp3) is 0.353. The monoisotopic (exact) mass is 287 g/mol. The van der Waals surface area contributed by atoms with E-state index >= 15 is 0 Å². The third-order valence-corrected chi connectivity index (χ3v) is 3.43. The summed E-state index contributed by atoms with van der Waals surface area (Å²) in [6, 6.07) is 12.1. The van der Waals surface area contributed by atoms with Gasteiger partial charge in [-0.2, -0.15) is 0 Å². The molecule has 1 aromatic carbocycles. The molecule has 21 heavy (non-hydrogen) atoms. The summed E-state index contributed by atoms with van der Waals surface area (Å²) >= 11 is 0. The number of hydrogen-bond donors (Lipinski definition) is 1. The first-order valence-electron chi connectivity index (χ1n) is 7.03. The fourth-order valence-electron chi connectivity index (χ4n) is 2.21. The molecule has 0 fully saturated rings. The standard InChI is InChI=1S/C17H21NO3/c1-12-4-6-14(7-5-12)16-9-8-15(21-16)11-18(3)10-13(2)17(19)20/h4-9,13H,10-11H2,1-3H3,(H,19,20). The van der Waals surface area contributed by atoms with Crippen LogP contribution in [0.5, 0.6) is 0 Å². The average molecular weight is 287 g/mol. The van der Waals surface area contributed by atoms with Gasteiger partial charge in [-0.25, -0.2) is 0 Å². The first-order valence-corrected chi connectivity index (χ1v) is 7.03.